The number of aliphatic hydroxyl groups excluding tert-OH is 1. The molecule has 0 bridgehead atoms. The Kier molecular flexibility index (Phi) is 29.0. The van der Waals surface area contributed by atoms with Gasteiger partial charge in [-0.1, -0.05) is 110 Å². The molecule has 2 aromatic heterocycles. The minimum absolute atomic E-state index is 0.106. The van der Waals surface area contributed by atoms with Gasteiger partial charge >= 0.3 is 23.9 Å². The summed E-state index contributed by atoms with van der Waals surface area (Å²) in [5.74, 6) is 0.275. The fraction of sp³-hybridized carbons (Fsp3) is 0.337. The summed E-state index contributed by atoms with van der Waals surface area (Å²) >= 11 is 2.83. The highest BCUT2D eigenvalue weighted by atomic mass is 32.1. The number of aromatic nitrogens is 2. The number of epoxide rings is 1. The van der Waals surface area contributed by atoms with Gasteiger partial charge in [0.15, 0.2) is 11.5 Å². The van der Waals surface area contributed by atoms with Crippen molar-refractivity contribution in [3.63, 3.8) is 0 Å². The number of para-hydroxylation sites is 2. The van der Waals surface area contributed by atoms with E-state index in [1.54, 1.807) is 78.1 Å². The lowest BCUT2D eigenvalue weighted by Gasteiger charge is -2.40. The van der Waals surface area contributed by atoms with Crippen LogP contribution >= 0.6 is 22.7 Å². The number of benzene rings is 10. The van der Waals surface area contributed by atoms with Crippen molar-refractivity contribution in [1.82, 2.24) is 9.97 Å². The summed E-state index contributed by atoms with van der Waals surface area (Å²) in [5.41, 5.74) is 6.66. The molecule has 12 aromatic rings. The number of anilines is 2. The van der Waals surface area contributed by atoms with Gasteiger partial charge in [0, 0.05) is 49.2 Å². The highest BCUT2D eigenvalue weighted by molar-refractivity contribution is 7.22. The molecule has 2 saturated heterocycles. The van der Waals surface area contributed by atoms with E-state index in [1.807, 2.05) is 129 Å². The molecule has 3 aliphatic rings. The van der Waals surface area contributed by atoms with E-state index in [0.717, 1.165) is 163 Å². The van der Waals surface area contributed by atoms with Gasteiger partial charge in [0.2, 0.25) is 16.2 Å². The molecule has 3 fully saturated rings. The third-order valence-electron chi connectivity index (χ3n) is 22.3. The second-order valence-corrected chi connectivity index (χ2v) is 33.3. The van der Waals surface area contributed by atoms with Crippen LogP contribution in [-0.2, 0) is 36.6 Å². The van der Waals surface area contributed by atoms with Crippen molar-refractivity contribution in [1.29, 1.82) is 0 Å². The van der Waals surface area contributed by atoms with E-state index >= 15 is 0 Å². The number of hydrazone groups is 2. The lowest BCUT2D eigenvalue weighted by atomic mass is 9.84. The molecule has 10 aromatic carbocycles. The first-order valence-electron chi connectivity index (χ1n) is 42.3. The number of aryl methyl sites for hydroxylation is 3. The first kappa shape index (κ1) is 86.1. The van der Waals surface area contributed by atoms with Crippen molar-refractivity contribution in [3.8, 4) is 40.2 Å². The molecule has 3 atom stereocenters. The Morgan fingerprint density at radius 2 is 1.15 bits per heavy atom. The minimum atomic E-state index is -0.700. The standard InChI is InChI=1S/C98H100N6O17S2/c1-5-18-91(106)104(97-102-81-22-12-14-24-90(81)123-97)100-59-79-78-39-33-73(55-71(78)34-43-84(79)116-49-16-8-7-15-47-113-61-98(6-2)62-114-63-98)93(108)117-76-36-30-68(31-37-76)92(107)119-82-40-25-65(51-64(82)3)19-9-10-20-66-26-41-83(75(52-66)58-99-103(45-46-105)96-101-80-21-11-13-23-89(80)122-96)120-95(110)74-35-44-85(87(57-74)111-4)121-94(109)72-29-28-70-56-77(38-32-69(70)54-72)115-50-17-48-112-60-67-27-42-86-88(53-67)118-86/h11-14,21-26,28-41,43-44,51-52,54-59,67,86,88,105H,5-10,15-20,27,42,45-50,53,60-63H2,1-4H3/b99-58+,100-59+. The molecule has 15 rings (SSSR count). The predicted molar refractivity (Wildman–Crippen MR) is 478 cm³/mol. The van der Waals surface area contributed by atoms with Gasteiger partial charge in [-0.2, -0.15) is 15.2 Å². The van der Waals surface area contributed by atoms with Crippen molar-refractivity contribution >= 4 is 117 Å². The number of ether oxygens (including phenoxy) is 11. The molecule has 4 heterocycles. The number of methoxy groups -OCH3 is 1. The zero-order valence-electron chi connectivity index (χ0n) is 69.5. The van der Waals surface area contributed by atoms with E-state index in [4.69, 9.17) is 72.3 Å². The molecule has 23 nitrogen and oxygen atoms in total. The maximum atomic E-state index is 14.2. The summed E-state index contributed by atoms with van der Waals surface area (Å²) in [6.45, 7) is 11.3. The molecule has 636 valence electrons. The number of esters is 4. The average molecular weight is 1700 g/mol. The number of thiazole rings is 2. The molecule has 1 saturated carbocycles. The molecule has 25 heteroatoms. The summed E-state index contributed by atoms with van der Waals surface area (Å²) in [7, 11) is 1.42. The van der Waals surface area contributed by atoms with Gasteiger partial charge in [0.25, 0.3) is 0 Å². The van der Waals surface area contributed by atoms with Crippen LogP contribution in [0.3, 0.4) is 0 Å². The normalized spacial score (nSPS) is 15.3. The van der Waals surface area contributed by atoms with Crippen molar-refractivity contribution in [2.75, 3.05) is 83.1 Å². The molecule has 3 unspecified atom stereocenters. The van der Waals surface area contributed by atoms with Gasteiger partial charge in [-0.15, -0.1) is 0 Å². The third-order valence-corrected chi connectivity index (χ3v) is 24.4. The molecule has 123 heavy (non-hydrogen) atoms. The van der Waals surface area contributed by atoms with Gasteiger partial charge in [-0.3, -0.25) is 4.79 Å². The molecule has 0 radical (unpaired) electrons. The Hall–Kier alpha value is -11.8. The third kappa shape index (κ3) is 22.4. The summed E-state index contributed by atoms with van der Waals surface area (Å²) in [6, 6.07) is 57.4. The van der Waals surface area contributed by atoms with Crippen LogP contribution in [0.2, 0.25) is 0 Å². The lowest BCUT2D eigenvalue weighted by Crippen LogP contribution is -2.45. The number of rotatable bonds is 42. The second kappa shape index (κ2) is 41.4. The van der Waals surface area contributed by atoms with Crippen LogP contribution < -0.4 is 43.2 Å². The van der Waals surface area contributed by atoms with Crippen LogP contribution in [0.5, 0.6) is 40.2 Å². The smallest absolute Gasteiger partial charge is 0.343 e. The van der Waals surface area contributed by atoms with E-state index in [9.17, 15) is 29.1 Å². The van der Waals surface area contributed by atoms with E-state index in [-0.39, 0.29) is 70.6 Å². The highest BCUT2D eigenvalue weighted by Crippen LogP contribution is 2.41. The number of carbonyl (C=O) groups is 5. The van der Waals surface area contributed by atoms with Gasteiger partial charge in [-0.05, 0) is 256 Å². The largest absolute Gasteiger partial charge is 0.493 e. The number of carbonyl (C=O) groups excluding carboxylic acids is 5. The Morgan fingerprint density at radius 3 is 1.88 bits per heavy atom. The number of fused-ring (bicyclic) bond motifs is 5. The van der Waals surface area contributed by atoms with E-state index < -0.39 is 23.9 Å². The fourth-order valence-electron chi connectivity index (χ4n) is 15.1. The van der Waals surface area contributed by atoms with Crippen LogP contribution in [0.25, 0.3) is 42.0 Å². The number of unbranched alkanes of at least 4 members (excludes halogenated alkanes) is 4. The number of aliphatic hydroxyl groups is 1. The van der Waals surface area contributed by atoms with Crippen molar-refractivity contribution in [3.05, 3.63) is 244 Å². The highest BCUT2D eigenvalue weighted by Gasteiger charge is 2.44. The summed E-state index contributed by atoms with van der Waals surface area (Å²) in [4.78, 5) is 78.7. The first-order chi connectivity index (χ1) is 60.1. The Balaban J connectivity index is 0.547. The van der Waals surface area contributed by atoms with Gasteiger partial charge < -0.3 is 57.2 Å². The van der Waals surface area contributed by atoms with E-state index in [1.165, 1.54) is 53.0 Å². The number of hydrogen-bond donors (Lipinski definition) is 1. The van der Waals surface area contributed by atoms with Crippen LogP contribution in [0, 0.1) is 18.3 Å². The topological polar surface area (TPSA) is 267 Å². The van der Waals surface area contributed by atoms with Crippen molar-refractivity contribution in [2.45, 2.75) is 129 Å². The molecule has 1 N–H and O–H groups in total. The maximum Gasteiger partial charge on any atom is 0.343 e. The first-order valence-corrected chi connectivity index (χ1v) is 43.9. The lowest BCUT2D eigenvalue weighted by molar-refractivity contribution is -0.150. The molecular formula is C98H100N6O17S2. The summed E-state index contributed by atoms with van der Waals surface area (Å²) in [6.07, 6.45) is 17.0. The van der Waals surface area contributed by atoms with Gasteiger partial charge in [-0.25, -0.2) is 34.2 Å². The van der Waals surface area contributed by atoms with Gasteiger partial charge in [0.1, 0.15) is 28.7 Å². The predicted octanol–water partition coefficient (Wildman–Crippen LogP) is 19.7. The van der Waals surface area contributed by atoms with Crippen molar-refractivity contribution in [2.24, 2.45) is 21.5 Å². The quantitative estimate of drug-likeness (QED) is 0.00930. The zero-order valence-corrected chi connectivity index (χ0v) is 71.2. The van der Waals surface area contributed by atoms with E-state index in [2.05, 4.69) is 6.92 Å². The molecule has 1 amide bonds. The number of nitrogens with zero attached hydrogens (tertiary/aromatic N) is 6. The number of hydrogen-bond acceptors (Lipinski definition) is 24. The Morgan fingerprint density at radius 1 is 0.545 bits per heavy atom. The van der Waals surface area contributed by atoms with Crippen LogP contribution in [0.15, 0.2) is 204 Å². The average Bonchev–Trinajstić information content (AvgIpc) is 1.79. The molecule has 2 aliphatic heterocycles. The zero-order chi connectivity index (χ0) is 85.0. The van der Waals surface area contributed by atoms with Crippen LogP contribution in [0.4, 0.5) is 10.3 Å². The monoisotopic (exact) mass is 1700 g/mol. The fourth-order valence-corrected chi connectivity index (χ4v) is 17.0. The minimum Gasteiger partial charge on any atom is -0.493 e. The van der Waals surface area contributed by atoms with E-state index in [0.29, 0.717) is 101 Å². The maximum absolute atomic E-state index is 14.2. The number of amides is 1. The molecular weight excluding hydrogens is 1600 g/mol. The molecule has 1 aliphatic carbocycles. The summed E-state index contributed by atoms with van der Waals surface area (Å²) in [5, 5.41) is 27.0. The van der Waals surface area contributed by atoms with Crippen molar-refractivity contribution < 1.29 is 81.2 Å². The summed E-state index contributed by atoms with van der Waals surface area (Å²) < 4.78 is 67.0. The second-order valence-electron chi connectivity index (χ2n) is 31.3. The van der Waals surface area contributed by atoms with Crippen LogP contribution in [-0.4, -0.2) is 143 Å². The Labute approximate surface area is 722 Å². The van der Waals surface area contributed by atoms with Gasteiger partial charge in [0.05, 0.1) is 121 Å². The SMILES string of the molecule is CCCC(=O)N(/N=C/c1c(OCCCCCCOCC2(CC)COC2)ccc2cc(C(=O)Oc3ccc(C(=O)Oc4ccc(CCCCc5ccc(OC(=O)c6ccc(OC(=O)c7ccc8cc(OCCCOCC9CCC%10OC%10C9)ccc8c7)c(OC)c6)c(/C=N/N(CCO)c6nc7ccccc7s6)c5)cc4C)cc3)ccc12)c1nc2ccccc2s1. The molecule has 0 spiro atoms. The Bertz CT molecular complexity index is 5730. The van der Waals surface area contributed by atoms with Crippen LogP contribution in [0.1, 0.15) is 167 Å².